The molecule has 28 heavy (non-hydrogen) atoms. The van der Waals surface area contributed by atoms with E-state index in [4.69, 9.17) is 4.74 Å². The van der Waals surface area contributed by atoms with Gasteiger partial charge in [0.15, 0.2) is 5.96 Å². The highest BCUT2D eigenvalue weighted by atomic mass is 16.5. The van der Waals surface area contributed by atoms with Crippen LogP contribution >= 0.6 is 0 Å². The SMILES string of the molecule is CN=C(NCCc1ccc2c(c1)CCO2)NC1CCN(c2ccccn2)CC1. The standard InChI is InChI=1S/C22H29N5O/c1-23-22(25-12-7-17-5-6-20-18(16-17)10-15-28-20)26-19-8-13-27(14-9-19)21-4-2-3-11-24-21/h2-6,11,16,19H,7-10,12-15H2,1H3,(H2,23,25,26). The molecule has 1 saturated heterocycles. The normalized spacial score (nSPS) is 17.2. The molecule has 0 amide bonds. The van der Waals surface area contributed by atoms with Crippen molar-refractivity contribution in [2.24, 2.45) is 4.99 Å². The number of pyridine rings is 1. The van der Waals surface area contributed by atoms with Crippen molar-refractivity contribution in [2.75, 3.05) is 38.2 Å². The van der Waals surface area contributed by atoms with Gasteiger partial charge in [0.1, 0.15) is 11.6 Å². The molecule has 2 aliphatic rings. The Labute approximate surface area is 167 Å². The van der Waals surface area contributed by atoms with E-state index in [1.54, 1.807) is 0 Å². The van der Waals surface area contributed by atoms with Gasteiger partial charge >= 0.3 is 0 Å². The van der Waals surface area contributed by atoms with E-state index in [0.29, 0.717) is 6.04 Å². The molecule has 1 fully saturated rings. The van der Waals surface area contributed by atoms with Gasteiger partial charge in [-0.2, -0.15) is 0 Å². The van der Waals surface area contributed by atoms with Crippen molar-refractivity contribution in [2.45, 2.75) is 31.7 Å². The highest BCUT2D eigenvalue weighted by Gasteiger charge is 2.20. The highest BCUT2D eigenvalue weighted by Crippen LogP contribution is 2.25. The smallest absolute Gasteiger partial charge is 0.191 e. The number of hydrogen-bond acceptors (Lipinski definition) is 4. The number of aromatic nitrogens is 1. The fraction of sp³-hybridized carbons (Fsp3) is 0.455. The number of ether oxygens (including phenoxy) is 1. The summed E-state index contributed by atoms with van der Waals surface area (Å²) in [6.07, 6.45) is 6.03. The maximum atomic E-state index is 5.58. The topological polar surface area (TPSA) is 61.8 Å². The summed E-state index contributed by atoms with van der Waals surface area (Å²) in [7, 11) is 1.84. The molecule has 4 rings (SSSR count). The van der Waals surface area contributed by atoms with Gasteiger partial charge in [0.25, 0.3) is 0 Å². The molecule has 1 aromatic heterocycles. The van der Waals surface area contributed by atoms with Crippen LogP contribution in [0.1, 0.15) is 24.0 Å². The third-order valence-corrected chi connectivity index (χ3v) is 5.49. The van der Waals surface area contributed by atoms with Crippen LogP contribution in [0.5, 0.6) is 5.75 Å². The minimum absolute atomic E-state index is 0.448. The maximum Gasteiger partial charge on any atom is 0.191 e. The summed E-state index contributed by atoms with van der Waals surface area (Å²) in [5.74, 6) is 3.01. The van der Waals surface area contributed by atoms with Crippen LogP contribution in [0.4, 0.5) is 5.82 Å². The average molecular weight is 380 g/mol. The monoisotopic (exact) mass is 379 g/mol. The van der Waals surface area contributed by atoms with Crippen LogP contribution in [0.3, 0.4) is 0 Å². The zero-order valence-electron chi connectivity index (χ0n) is 16.5. The number of nitrogens with one attached hydrogen (secondary N) is 2. The van der Waals surface area contributed by atoms with Crippen molar-refractivity contribution in [3.63, 3.8) is 0 Å². The first-order chi connectivity index (χ1) is 13.8. The van der Waals surface area contributed by atoms with Crippen molar-refractivity contribution < 1.29 is 4.74 Å². The van der Waals surface area contributed by atoms with Crippen LogP contribution in [0.2, 0.25) is 0 Å². The number of guanidine groups is 1. The fourth-order valence-corrected chi connectivity index (χ4v) is 3.90. The second kappa shape index (κ2) is 8.95. The molecule has 0 radical (unpaired) electrons. The Morgan fingerprint density at radius 2 is 2.14 bits per heavy atom. The van der Waals surface area contributed by atoms with E-state index in [2.05, 4.69) is 49.8 Å². The molecule has 6 heteroatoms. The number of aliphatic imine (C=N–C) groups is 1. The van der Waals surface area contributed by atoms with Gasteiger partial charge in [-0.15, -0.1) is 0 Å². The molecule has 0 atom stereocenters. The molecule has 0 aliphatic carbocycles. The molecule has 0 bridgehead atoms. The number of benzene rings is 1. The zero-order chi connectivity index (χ0) is 19.2. The average Bonchev–Trinajstić information content (AvgIpc) is 3.22. The predicted octanol–water partition coefficient (Wildman–Crippen LogP) is 2.39. The summed E-state index contributed by atoms with van der Waals surface area (Å²) in [5, 5.41) is 7.03. The van der Waals surface area contributed by atoms with Gasteiger partial charge in [-0.1, -0.05) is 18.2 Å². The van der Waals surface area contributed by atoms with Crippen LogP contribution < -0.4 is 20.3 Å². The lowest BCUT2D eigenvalue weighted by molar-refractivity contribution is 0.357. The fourth-order valence-electron chi connectivity index (χ4n) is 3.90. The first-order valence-electron chi connectivity index (χ1n) is 10.2. The van der Waals surface area contributed by atoms with E-state index in [1.807, 2.05) is 25.4 Å². The summed E-state index contributed by atoms with van der Waals surface area (Å²) >= 11 is 0. The maximum absolute atomic E-state index is 5.58. The second-order valence-corrected chi connectivity index (χ2v) is 7.38. The summed E-state index contributed by atoms with van der Waals surface area (Å²) < 4.78 is 5.58. The van der Waals surface area contributed by atoms with E-state index in [0.717, 1.165) is 69.5 Å². The number of fused-ring (bicyclic) bond motifs is 1. The van der Waals surface area contributed by atoms with Crippen LogP contribution in [-0.4, -0.2) is 50.3 Å². The van der Waals surface area contributed by atoms with Crippen LogP contribution in [0, 0.1) is 0 Å². The minimum Gasteiger partial charge on any atom is -0.493 e. The van der Waals surface area contributed by atoms with E-state index >= 15 is 0 Å². The summed E-state index contributed by atoms with van der Waals surface area (Å²) in [6.45, 7) is 3.71. The van der Waals surface area contributed by atoms with Crippen LogP contribution in [0.25, 0.3) is 0 Å². The molecule has 1 aromatic carbocycles. The van der Waals surface area contributed by atoms with Crippen molar-refractivity contribution in [1.82, 2.24) is 15.6 Å². The molecule has 148 valence electrons. The molecule has 6 nitrogen and oxygen atoms in total. The van der Waals surface area contributed by atoms with Gasteiger partial charge in [0.2, 0.25) is 0 Å². The Bertz CT molecular complexity index is 800. The first-order valence-corrected chi connectivity index (χ1v) is 10.2. The third-order valence-electron chi connectivity index (χ3n) is 5.49. The first kappa shape index (κ1) is 18.6. The number of anilines is 1. The molecule has 2 N–H and O–H groups in total. The lowest BCUT2D eigenvalue weighted by Crippen LogP contribution is -2.49. The van der Waals surface area contributed by atoms with E-state index in [9.17, 15) is 0 Å². The van der Waals surface area contributed by atoms with E-state index in [1.165, 1.54) is 11.1 Å². The molecule has 0 saturated carbocycles. The van der Waals surface area contributed by atoms with Gasteiger partial charge in [0, 0.05) is 45.3 Å². The lowest BCUT2D eigenvalue weighted by Gasteiger charge is -2.33. The predicted molar refractivity (Wildman–Crippen MR) is 113 cm³/mol. The van der Waals surface area contributed by atoms with Crippen LogP contribution in [0.15, 0.2) is 47.6 Å². The Kier molecular flexibility index (Phi) is 5.95. The molecule has 3 heterocycles. The van der Waals surface area contributed by atoms with Crippen molar-refractivity contribution >= 4 is 11.8 Å². The van der Waals surface area contributed by atoms with Gasteiger partial charge in [-0.05, 0) is 48.6 Å². The largest absolute Gasteiger partial charge is 0.493 e. The molecule has 0 spiro atoms. The van der Waals surface area contributed by atoms with Crippen molar-refractivity contribution in [3.05, 3.63) is 53.7 Å². The van der Waals surface area contributed by atoms with Gasteiger partial charge in [-0.25, -0.2) is 4.98 Å². The van der Waals surface area contributed by atoms with Crippen molar-refractivity contribution in [3.8, 4) is 5.75 Å². The number of rotatable bonds is 5. The van der Waals surface area contributed by atoms with Gasteiger partial charge < -0.3 is 20.3 Å². The van der Waals surface area contributed by atoms with Gasteiger partial charge in [0.05, 0.1) is 6.61 Å². The minimum atomic E-state index is 0.448. The van der Waals surface area contributed by atoms with Crippen molar-refractivity contribution in [1.29, 1.82) is 0 Å². The summed E-state index contributed by atoms with van der Waals surface area (Å²) in [4.78, 5) is 11.2. The molecule has 0 unspecified atom stereocenters. The second-order valence-electron chi connectivity index (χ2n) is 7.38. The lowest BCUT2D eigenvalue weighted by atomic mass is 10.1. The Morgan fingerprint density at radius 3 is 2.93 bits per heavy atom. The Balaban J connectivity index is 1.21. The quantitative estimate of drug-likeness (QED) is 0.617. The van der Waals surface area contributed by atoms with Gasteiger partial charge in [-0.3, -0.25) is 4.99 Å². The third kappa shape index (κ3) is 4.55. The number of hydrogen-bond donors (Lipinski definition) is 2. The molecule has 2 aromatic rings. The molecular weight excluding hydrogens is 350 g/mol. The Hall–Kier alpha value is -2.76. The molecule has 2 aliphatic heterocycles. The van der Waals surface area contributed by atoms with E-state index in [-0.39, 0.29) is 0 Å². The zero-order valence-corrected chi connectivity index (χ0v) is 16.5. The summed E-state index contributed by atoms with van der Waals surface area (Å²) in [6, 6.07) is 13.1. The number of nitrogens with zero attached hydrogens (tertiary/aromatic N) is 3. The van der Waals surface area contributed by atoms with Crippen LogP contribution in [-0.2, 0) is 12.8 Å². The van der Waals surface area contributed by atoms with E-state index < -0.39 is 0 Å². The Morgan fingerprint density at radius 1 is 1.25 bits per heavy atom. The highest BCUT2D eigenvalue weighted by molar-refractivity contribution is 5.80. The number of piperidine rings is 1. The molecular formula is C22H29N5O. The summed E-state index contributed by atoms with van der Waals surface area (Å²) in [5.41, 5.74) is 2.68.